The van der Waals surface area contributed by atoms with Gasteiger partial charge in [0.05, 0.1) is 11.9 Å². The molecule has 6 nitrogen and oxygen atoms in total. The Morgan fingerprint density at radius 3 is 2.59 bits per heavy atom. The van der Waals surface area contributed by atoms with E-state index in [0.29, 0.717) is 11.8 Å². The van der Waals surface area contributed by atoms with E-state index in [0.717, 1.165) is 0 Å². The van der Waals surface area contributed by atoms with E-state index in [1.807, 2.05) is 0 Å². The topological polar surface area (TPSA) is 88.0 Å². The normalized spacial score (nSPS) is 11.3. The van der Waals surface area contributed by atoms with Gasteiger partial charge in [0.15, 0.2) is 11.5 Å². The molecule has 1 amide bonds. The minimum atomic E-state index is -4.72. The number of amides is 1. The van der Waals surface area contributed by atoms with Crippen molar-refractivity contribution in [1.82, 2.24) is 15.0 Å². The van der Waals surface area contributed by atoms with E-state index in [1.54, 1.807) is 0 Å². The molecule has 2 aromatic rings. The number of anilines is 1. The van der Waals surface area contributed by atoms with Crippen LogP contribution in [0.25, 0.3) is 11.5 Å². The number of hydrogen-bond acceptors (Lipinski definition) is 5. The van der Waals surface area contributed by atoms with E-state index in [2.05, 4.69) is 20.3 Å². The van der Waals surface area contributed by atoms with E-state index < -0.39 is 23.7 Å². The molecule has 0 fully saturated rings. The standard InChI is InChI=1S/C12H8ClF3N4O2/c13-4-10(22)18-6-1-2-7(17-5-6)11-19-8(12(14,15)16)3-9(21)20-11/h1-3,5H,4H2,(H,18,22)(H,19,20,21). The minimum absolute atomic E-state index is 0.00488. The predicted molar refractivity (Wildman–Crippen MR) is 71.3 cm³/mol. The van der Waals surface area contributed by atoms with Crippen LogP contribution in [0.3, 0.4) is 0 Å². The number of aromatic nitrogens is 3. The number of carbonyl (C=O) groups excluding carboxylic acids is 1. The van der Waals surface area contributed by atoms with Crippen molar-refractivity contribution in [2.75, 3.05) is 11.2 Å². The first kappa shape index (κ1) is 16.0. The predicted octanol–water partition coefficient (Wildman–Crippen LogP) is 2.44. The van der Waals surface area contributed by atoms with Gasteiger partial charge in [-0.05, 0) is 12.1 Å². The maximum absolute atomic E-state index is 12.6. The third-order valence-electron chi connectivity index (χ3n) is 2.40. The summed E-state index contributed by atoms with van der Waals surface area (Å²) in [6, 6.07) is 3.12. The van der Waals surface area contributed by atoms with Crippen LogP contribution in [0, 0.1) is 0 Å². The Balaban J connectivity index is 2.32. The first-order valence-corrected chi connectivity index (χ1v) is 6.30. The zero-order valence-corrected chi connectivity index (χ0v) is 11.5. The molecule has 10 heteroatoms. The highest BCUT2D eigenvalue weighted by Crippen LogP contribution is 2.30. The van der Waals surface area contributed by atoms with Gasteiger partial charge in [-0.2, -0.15) is 18.2 Å². The smallest absolute Gasteiger partial charge is 0.433 e. The molecule has 22 heavy (non-hydrogen) atoms. The monoisotopic (exact) mass is 332 g/mol. The van der Waals surface area contributed by atoms with Crippen LogP contribution in [0.4, 0.5) is 18.9 Å². The van der Waals surface area contributed by atoms with Gasteiger partial charge in [0.25, 0.3) is 0 Å². The Labute approximate surface area is 127 Å². The maximum Gasteiger partial charge on any atom is 0.433 e. The van der Waals surface area contributed by atoms with Crippen LogP contribution in [0.1, 0.15) is 5.69 Å². The van der Waals surface area contributed by atoms with E-state index in [-0.39, 0.29) is 17.4 Å². The molecule has 0 aromatic carbocycles. The number of nitrogens with one attached hydrogen (secondary N) is 1. The van der Waals surface area contributed by atoms with Gasteiger partial charge in [-0.25, -0.2) is 4.98 Å². The Bertz CT molecular complexity index is 692. The van der Waals surface area contributed by atoms with Crippen LogP contribution in [-0.4, -0.2) is 31.8 Å². The van der Waals surface area contributed by atoms with E-state index in [9.17, 15) is 23.1 Å². The minimum Gasteiger partial charge on any atom is -0.493 e. The molecule has 2 heterocycles. The summed E-state index contributed by atoms with van der Waals surface area (Å²) in [5.41, 5.74) is -0.966. The molecule has 0 saturated heterocycles. The number of halogens is 4. The van der Waals surface area contributed by atoms with Crippen molar-refractivity contribution < 1.29 is 23.1 Å². The number of pyridine rings is 1. The fourth-order valence-corrected chi connectivity index (χ4v) is 1.56. The van der Waals surface area contributed by atoms with Crippen LogP contribution in [0.5, 0.6) is 5.88 Å². The van der Waals surface area contributed by atoms with Gasteiger partial charge in [0, 0.05) is 6.07 Å². The summed E-state index contributed by atoms with van der Waals surface area (Å²) >= 11 is 5.32. The molecule has 0 radical (unpaired) electrons. The lowest BCUT2D eigenvalue weighted by Gasteiger charge is -2.08. The highest BCUT2D eigenvalue weighted by atomic mass is 35.5. The summed E-state index contributed by atoms with van der Waals surface area (Å²) < 4.78 is 37.9. The SMILES string of the molecule is O=C(CCl)Nc1ccc(-c2nc(O)cc(C(F)(F)F)n2)nc1. The van der Waals surface area contributed by atoms with Gasteiger partial charge in [0.2, 0.25) is 11.8 Å². The van der Waals surface area contributed by atoms with Gasteiger partial charge in [-0.15, -0.1) is 11.6 Å². The van der Waals surface area contributed by atoms with Crippen LogP contribution in [0.2, 0.25) is 0 Å². The number of nitrogens with zero attached hydrogens (tertiary/aromatic N) is 3. The Hall–Kier alpha value is -2.42. The number of rotatable bonds is 3. The molecule has 0 atom stereocenters. The highest BCUT2D eigenvalue weighted by Gasteiger charge is 2.34. The molecular formula is C12H8ClF3N4O2. The van der Waals surface area contributed by atoms with Crippen molar-refractivity contribution in [3.63, 3.8) is 0 Å². The van der Waals surface area contributed by atoms with Gasteiger partial charge >= 0.3 is 6.18 Å². The maximum atomic E-state index is 12.6. The van der Waals surface area contributed by atoms with Crippen LogP contribution < -0.4 is 5.32 Å². The lowest BCUT2D eigenvalue weighted by molar-refractivity contribution is -0.141. The molecule has 2 aromatic heterocycles. The van der Waals surface area contributed by atoms with Gasteiger partial charge in [0.1, 0.15) is 11.6 Å². The van der Waals surface area contributed by atoms with Crippen LogP contribution >= 0.6 is 11.6 Å². The van der Waals surface area contributed by atoms with Crippen LogP contribution in [-0.2, 0) is 11.0 Å². The van der Waals surface area contributed by atoms with Crippen molar-refractivity contribution in [3.8, 4) is 17.4 Å². The zero-order chi connectivity index (χ0) is 16.3. The first-order valence-electron chi connectivity index (χ1n) is 5.77. The summed E-state index contributed by atoms with van der Waals surface area (Å²) in [4.78, 5) is 21.7. The molecule has 0 spiro atoms. The molecule has 0 saturated carbocycles. The quantitative estimate of drug-likeness (QED) is 0.843. The lowest BCUT2D eigenvalue weighted by atomic mass is 10.3. The number of aromatic hydroxyl groups is 1. The Morgan fingerprint density at radius 2 is 2.05 bits per heavy atom. The van der Waals surface area contributed by atoms with Crippen molar-refractivity contribution in [3.05, 3.63) is 30.1 Å². The molecular weight excluding hydrogens is 325 g/mol. The molecule has 0 aliphatic rings. The lowest BCUT2D eigenvalue weighted by Crippen LogP contribution is -2.12. The molecule has 2 rings (SSSR count). The average Bonchev–Trinajstić information content (AvgIpc) is 2.46. The number of alkyl halides is 4. The first-order chi connectivity index (χ1) is 10.3. The van der Waals surface area contributed by atoms with Crippen molar-refractivity contribution in [2.45, 2.75) is 6.18 Å². The number of carbonyl (C=O) groups is 1. The van der Waals surface area contributed by atoms with Gasteiger partial charge in [-0.3, -0.25) is 9.78 Å². The molecule has 0 unspecified atom stereocenters. The largest absolute Gasteiger partial charge is 0.493 e. The second-order valence-corrected chi connectivity index (χ2v) is 4.31. The Morgan fingerprint density at radius 1 is 1.32 bits per heavy atom. The van der Waals surface area contributed by atoms with Gasteiger partial charge < -0.3 is 10.4 Å². The van der Waals surface area contributed by atoms with E-state index >= 15 is 0 Å². The summed E-state index contributed by atoms with van der Waals surface area (Å²) in [6.45, 7) is 0. The van der Waals surface area contributed by atoms with Crippen molar-refractivity contribution >= 4 is 23.2 Å². The van der Waals surface area contributed by atoms with Crippen molar-refractivity contribution in [1.29, 1.82) is 0 Å². The average molecular weight is 333 g/mol. The number of hydrogen-bond donors (Lipinski definition) is 2. The Kier molecular flexibility index (Phi) is 4.45. The highest BCUT2D eigenvalue weighted by molar-refractivity contribution is 6.29. The molecule has 0 bridgehead atoms. The summed E-state index contributed by atoms with van der Waals surface area (Å²) in [5, 5.41) is 11.7. The van der Waals surface area contributed by atoms with Crippen LogP contribution in [0.15, 0.2) is 24.4 Å². The fourth-order valence-electron chi connectivity index (χ4n) is 1.49. The third-order valence-corrected chi connectivity index (χ3v) is 2.64. The molecule has 116 valence electrons. The molecule has 0 aliphatic heterocycles. The van der Waals surface area contributed by atoms with E-state index in [4.69, 9.17) is 11.6 Å². The zero-order valence-electron chi connectivity index (χ0n) is 10.7. The van der Waals surface area contributed by atoms with Gasteiger partial charge in [-0.1, -0.05) is 0 Å². The summed E-state index contributed by atoms with van der Waals surface area (Å²) in [5.74, 6) is -1.91. The fraction of sp³-hybridized carbons (Fsp3) is 0.167. The second-order valence-electron chi connectivity index (χ2n) is 4.05. The van der Waals surface area contributed by atoms with E-state index in [1.165, 1.54) is 18.3 Å². The summed E-state index contributed by atoms with van der Waals surface area (Å²) in [7, 11) is 0. The second kappa shape index (κ2) is 6.14. The molecule has 2 N–H and O–H groups in total. The van der Waals surface area contributed by atoms with Crippen molar-refractivity contribution in [2.24, 2.45) is 0 Å². The summed E-state index contributed by atoms with van der Waals surface area (Å²) in [6.07, 6.45) is -3.51. The third kappa shape index (κ3) is 3.82. The molecule has 0 aliphatic carbocycles.